The number of carbonyl (C=O) groups excluding carboxylic acids is 1. The molecule has 0 aromatic heterocycles. The van der Waals surface area contributed by atoms with Crippen LogP contribution in [0.1, 0.15) is 6.92 Å². The molecule has 1 aliphatic rings. The van der Waals surface area contributed by atoms with E-state index in [0.29, 0.717) is 13.2 Å². The molecule has 2 unspecified atom stereocenters. The molecule has 0 spiro atoms. The molecule has 2 atom stereocenters. The third-order valence-electron chi connectivity index (χ3n) is 2.27. The van der Waals surface area contributed by atoms with Gasteiger partial charge < -0.3 is 19.9 Å². The lowest BCUT2D eigenvalue weighted by Crippen LogP contribution is -2.42. The van der Waals surface area contributed by atoms with E-state index in [9.17, 15) is 4.79 Å². The SMILES string of the molecule is CSC(CO)C(C)NC(=O)C1=COCCO1. The normalized spacial score (nSPS) is 18.8. The van der Waals surface area contributed by atoms with Gasteiger partial charge in [-0.25, -0.2) is 0 Å². The second-order valence-corrected chi connectivity index (χ2v) is 4.50. The third-order valence-corrected chi connectivity index (χ3v) is 3.43. The van der Waals surface area contributed by atoms with Crippen LogP contribution in [-0.4, -0.2) is 48.4 Å². The highest BCUT2D eigenvalue weighted by Crippen LogP contribution is 2.11. The molecule has 0 saturated carbocycles. The Morgan fingerprint density at radius 2 is 2.44 bits per heavy atom. The molecule has 0 saturated heterocycles. The number of amides is 1. The quantitative estimate of drug-likeness (QED) is 0.721. The number of carbonyl (C=O) groups is 1. The molecular formula is C10H17NO4S. The first kappa shape index (κ1) is 13.2. The summed E-state index contributed by atoms with van der Waals surface area (Å²) in [5.41, 5.74) is 0. The highest BCUT2D eigenvalue weighted by atomic mass is 32.2. The standard InChI is InChI=1S/C10H17NO4S/c1-7(9(5-12)16-2)11-10(13)8-6-14-3-4-15-8/h6-7,9,12H,3-5H2,1-2H3,(H,11,13). The van der Waals surface area contributed by atoms with Crippen molar-refractivity contribution in [3.63, 3.8) is 0 Å². The Kier molecular flexibility index (Phi) is 5.48. The first-order valence-corrected chi connectivity index (χ1v) is 6.37. The zero-order valence-electron chi connectivity index (χ0n) is 9.43. The van der Waals surface area contributed by atoms with Crippen molar-refractivity contribution in [3.8, 4) is 0 Å². The molecule has 5 nitrogen and oxygen atoms in total. The predicted molar refractivity (Wildman–Crippen MR) is 62.0 cm³/mol. The van der Waals surface area contributed by atoms with Crippen LogP contribution in [0, 0.1) is 0 Å². The predicted octanol–water partition coefficient (Wildman–Crippen LogP) is 0.103. The Bertz CT molecular complexity index is 266. The second-order valence-electron chi connectivity index (χ2n) is 3.42. The van der Waals surface area contributed by atoms with Gasteiger partial charge in [0.2, 0.25) is 5.76 Å². The van der Waals surface area contributed by atoms with Crippen molar-refractivity contribution in [3.05, 3.63) is 12.0 Å². The van der Waals surface area contributed by atoms with Crippen LogP contribution >= 0.6 is 11.8 Å². The van der Waals surface area contributed by atoms with Gasteiger partial charge in [0.05, 0.1) is 6.61 Å². The summed E-state index contributed by atoms with van der Waals surface area (Å²) in [5, 5.41) is 11.8. The second kappa shape index (κ2) is 6.65. The van der Waals surface area contributed by atoms with Crippen molar-refractivity contribution in [1.82, 2.24) is 5.32 Å². The zero-order chi connectivity index (χ0) is 12.0. The Labute approximate surface area is 99.2 Å². The van der Waals surface area contributed by atoms with Crippen molar-refractivity contribution in [2.45, 2.75) is 18.2 Å². The zero-order valence-corrected chi connectivity index (χ0v) is 10.3. The number of hydrogen-bond donors (Lipinski definition) is 2. The first-order valence-electron chi connectivity index (χ1n) is 5.08. The van der Waals surface area contributed by atoms with Crippen LogP contribution in [0.2, 0.25) is 0 Å². The van der Waals surface area contributed by atoms with Gasteiger partial charge in [-0.1, -0.05) is 0 Å². The van der Waals surface area contributed by atoms with Crippen LogP contribution in [0.3, 0.4) is 0 Å². The van der Waals surface area contributed by atoms with E-state index in [2.05, 4.69) is 5.32 Å². The molecule has 16 heavy (non-hydrogen) atoms. The van der Waals surface area contributed by atoms with E-state index in [1.165, 1.54) is 18.0 Å². The van der Waals surface area contributed by atoms with E-state index in [4.69, 9.17) is 14.6 Å². The van der Waals surface area contributed by atoms with Gasteiger partial charge in [0.1, 0.15) is 19.5 Å². The van der Waals surface area contributed by atoms with Gasteiger partial charge in [-0.2, -0.15) is 11.8 Å². The van der Waals surface area contributed by atoms with Crippen molar-refractivity contribution in [1.29, 1.82) is 0 Å². The molecule has 0 fully saturated rings. The summed E-state index contributed by atoms with van der Waals surface area (Å²) in [6.07, 6.45) is 3.21. The maximum absolute atomic E-state index is 11.7. The largest absolute Gasteiger partial charge is 0.494 e. The van der Waals surface area contributed by atoms with Crippen LogP contribution < -0.4 is 5.32 Å². The molecule has 0 aliphatic carbocycles. The van der Waals surface area contributed by atoms with E-state index in [-0.39, 0.29) is 29.6 Å². The van der Waals surface area contributed by atoms with Crippen molar-refractivity contribution in [2.75, 3.05) is 26.1 Å². The minimum atomic E-state index is -0.306. The molecular weight excluding hydrogens is 230 g/mol. The molecule has 0 aromatic carbocycles. The van der Waals surface area contributed by atoms with Gasteiger partial charge in [-0.3, -0.25) is 4.79 Å². The summed E-state index contributed by atoms with van der Waals surface area (Å²) < 4.78 is 10.1. The monoisotopic (exact) mass is 247 g/mol. The molecule has 1 heterocycles. The average molecular weight is 247 g/mol. The fourth-order valence-corrected chi connectivity index (χ4v) is 1.92. The Morgan fingerprint density at radius 1 is 1.69 bits per heavy atom. The number of rotatable bonds is 5. The Morgan fingerprint density at radius 3 is 2.94 bits per heavy atom. The van der Waals surface area contributed by atoms with Crippen LogP contribution in [0.4, 0.5) is 0 Å². The Balaban J connectivity index is 2.46. The highest BCUT2D eigenvalue weighted by Gasteiger charge is 2.21. The molecule has 1 aliphatic heterocycles. The fourth-order valence-electron chi connectivity index (χ4n) is 1.30. The van der Waals surface area contributed by atoms with Crippen LogP contribution in [0.15, 0.2) is 12.0 Å². The summed E-state index contributed by atoms with van der Waals surface area (Å²) >= 11 is 1.51. The summed E-state index contributed by atoms with van der Waals surface area (Å²) in [6, 6.07) is -0.126. The number of nitrogens with one attached hydrogen (secondary N) is 1. The molecule has 0 radical (unpaired) electrons. The number of hydrogen-bond acceptors (Lipinski definition) is 5. The highest BCUT2D eigenvalue weighted by molar-refractivity contribution is 7.99. The van der Waals surface area contributed by atoms with Crippen LogP contribution in [0.5, 0.6) is 0 Å². The molecule has 1 rings (SSSR count). The van der Waals surface area contributed by atoms with E-state index in [1.54, 1.807) is 0 Å². The molecule has 1 amide bonds. The number of aliphatic hydroxyl groups is 1. The van der Waals surface area contributed by atoms with Gasteiger partial charge in [0.25, 0.3) is 5.91 Å². The number of ether oxygens (including phenoxy) is 2. The molecule has 6 heteroatoms. The van der Waals surface area contributed by atoms with Crippen LogP contribution in [-0.2, 0) is 14.3 Å². The smallest absolute Gasteiger partial charge is 0.289 e. The van der Waals surface area contributed by atoms with Crippen LogP contribution in [0.25, 0.3) is 0 Å². The lowest BCUT2D eigenvalue weighted by atomic mass is 10.2. The van der Waals surface area contributed by atoms with E-state index < -0.39 is 0 Å². The lowest BCUT2D eigenvalue weighted by molar-refractivity contribution is -0.122. The number of thioether (sulfide) groups is 1. The summed E-state index contributed by atoms with van der Waals surface area (Å²) in [6.45, 7) is 2.73. The molecule has 2 N–H and O–H groups in total. The summed E-state index contributed by atoms with van der Waals surface area (Å²) in [4.78, 5) is 11.7. The topological polar surface area (TPSA) is 67.8 Å². The average Bonchev–Trinajstić information content (AvgIpc) is 2.31. The minimum Gasteiger partial charge on any atom is -0.494 e. The number of aliphatic hydroxyl groups excluding tert-OH is 1. The van der Waals surface area contributed by atoms with Crippen molar-refractivity contribution < 1.29 is 19.4 Å². The van der Waals surface area contributed by atoms with Crippen molar-refractivity contribution in [2.24, 2.45) is 0 Å². The minimum absolute atomic E-state index is 0.0194. The maximum Gasteiger partial charge on any atom is 0.289 e. The van der Waals surface area contributed by atoms with Gasteiger partial charge in [-0.15, -0.1) is 0 Å². The third kappa shape index (κ3) is 3.61. The first-order chi connectivity index (χ1) is 7.69. The Hall–Kier alpha value is -0.880. The van der Waals surface area contributed by atoms with E-state index in [0.717, 1.165) is 0 Å². The summed E-state index contributed by atoms with van der Waals surface area (Å²) in [7, 11) is 0. The fraction of sp³-hybridized carbons (Fsp3) is 0.700. The van der Waals surface area contributed by atoms with E-state index in [1.807, 2.05) is 13.2 Å². The molecule has 92 valence electrons. The molecule has 0 aromatic rings. The van der Waals surface area contributed by atoms with Gasteiger partial charge >= 0.3 is 0 Å². The van der Waals surface area contributed by atoms with Gasteiger partial charge in [-0.05, 0) is 13.2 Å². The van der Waals surface area contributed by atoms with Crippen molar-refractivity contribution >= 4 is 17.7 Å². The van der Waals surface area contributed by atoms with E-state index >= 15 is 0 Å². The summed E-state index contributed by atoms with van der Waals surface area (Å²) in [5.74, 6) is -0.115. The van der Waals surface area contributed by atoms with Gasteiger partial charge in [0, 0.05) is 11.3 Å². The lowest BCUT2D eigenvalue weighted by Gasteiger charge is -2.22. The van der Waals surface area contributed by atoms with Gasteiger partial charge in [0.15, 0.2) is 0 Å². The maximum atomic E-state index is 11.7. The molecule has 0 bridgehead atoms.